The number of phenolic OH excluding ortho intramolecular Hbond substituents is 1. The largest absolute Gasteiger partial charge is 0.508 e. The Kier molecular flexibility index (Phi) is 2.88. The van der Waals surface area contributed by atoms with Gasteiger partial charge < -0.3 is 10.6 Å². The molecule has 0 aliphatic heterocycles. The van der Waals surface area contributed by atoms with Crippen molar-refractivity contribution in [3.05, 3.63) is 54.1 Å². The molecule has 0 spiro atoms. The summed E-state index contributed by atoms with van der Waals surface area (Å²) in [6.07, 6.45) is 8.12. The van der Waals surface area contributed by atoms with Crippen LogP contribution in [0.5, 0.6) is 5.75 Å². The molecule has 0 radical (unpaired) electrons. The Hall–Kier alpha value is -1.54. The highest BCUT2D eigenvalue weighted by atomic mass is 16.3. The van der Waals surface area contributed by atoms with E-state index in [9.17, 15) is 5.11 Å². The Labute approximate surface area is 77.1 Å². The Morgan fingerprint density at radius 1 is 1.00 bits per heavy atom. The molecule has 0 unspecified atom stereocenters. The molecule has 1 aromatic rings. The van der Waals surface area contributed by atoms with Crippen molar-refractivity contribution in [2.45, 2.75) is 5.92 Å². The van der Waals surface area contributed by atoms with E-state index >= 15 is 0 Å². The van der Waals surface area contributed by atoms with E-state index < -0.39 is 0 Å². The van der Waals surface area contributed by atoms with Crippen LogP contribution in [0.4, 0.5) is 0 Å². The van der Waals surface area contributed by atoms with Gasteiger partial charge in [0.2, 0.25) is 0 Å². The number of rotatable bonds is 1. The summed E-state index contributed by atoms with van der Waals surface area (Å²) < 4.78 is 0. The maximum absolute atomic E-state index is 9.50. The lowest BCUT2D eigenvalue weighted by Crippen LogP contribution is -1.88. The van der Waals surface area contributed by atoms with Crippen LogP contribution in [-0.4, -0.2) is 10.6 Å². The monoisotopic (exact) mass is 176 g/mol. The standard InChI is InChI=1S/C11H10O.H2O/c12-11-8-4-3-7-10(11)9-5-1-2-6-9;/h1-9,12H;1H2. The van der Waals surface area contributed by atoms with Crippen LogP contribution in [0.2, 0.25) is 0 Å². The fourth-order valence-corrected chi connectivity index (χ4v) is 1.41. The van der Waals surface area contributed by atoms with Crippen molar-refractivity contribution in [3.63, 3.8) is 0 Å². The Morgan fingerprint density at radius 2 is 1.62 bits per heavy atom. The third-order valence-electron chi connectivity index (χ3n) is 2.04. The summed E-state index contributed by atoms with van der Waals surface area (Å²) in [5, 5.41) is 9.50. The highest BCUT2D eigenvalue weighted by Gasteiger charge is 2.09. The van der Waals surface area contributed by atoms with E-state index in [1.54, 1.807) is 6.07 Å². The first-order valence-electron chi connectivity index (χ1n) is 4.01. The SMILES string of the molecule is O.Oc1ccccc1C1C=CC=C1. The highest BCUT2D eigenvalue weighted by Crippen LogP contribution is 2.29. The molecule has 13 heavy (non-hydrogen) atoms. The number of hydrogen-bond acceptors (Lipinski definition) is 1. The van der Waals surface area contributed by atoms with Crippen molar-refractivity contribution in [2.24, 2.45) is 0 Å². The summed E-state index contributed by atoms with van der Waals surface area (Å²) in [7, 11) is 0. The first-order valence-corrected chi connectivity index (χ1v) is 4.01. The lowest BCUT2D eigenvalue weighted by molar-refractivity contribution is 0.468. The molecule has 0 amide bonds. The van der Waals surface area contributed by atoms with E-state index in [1.165, 1.54) is 0 Å². The van der Waals surface area contributed by atoms with E-state index in [0.717, 1.165) is 5.56 Å². The molecule has 0 heterocycles. The van der Waals surface area contributed by atoms with Crippen molar-refractivity contribution in [3.8, 4) is 5.75 Å². The average molecular weight is 176 g/mol. The second-order valence-electron chi connectivity index (χ2n) is 2.85. The van der Waals surface area contributed by atoms with Crippen LogP contribution in [-0.2, 0) is 0 Å². The summed E-state index contributed by atoms with van der Waals surface area (Å²) in [5.41, 5.74) is 0.975. The molecule has 1 aliphatic rings. The fraction of sp³-hybridized carbons (Fsp3) is 0.0909. The van der Waals surface area contributed by atoms with Crippen LogP contribution in [0.15, 0.2) is 48.6 Å². The fourth-order valence-electron chi connectivity index (χ4n) is 1.41. The molecule has 0 bridgehead atoms. The molecular weight excluding hydrogens is 164 g/mol. The third kappa shape index (κ3) is 1.79. The zero-order valence-corrected chi connectivity index (χ0v) is 7.14. The summed E-state index contributed by atoms with van der Waals surface area (Å²) in [6.45, 7) is 0. The minimum Gasteiger partial charge on any atom is -0.508 e. The number of hydrogen-bond donors (Lipinski definition) is 1. The second kappa shape index (κ2) is 3.92. The minimum absolute atomic E-state index is 0. The van der Waals surface area contributed by atoms with Crippen LogP contribution in [0.3, 0.4) is 0 Å². The van der Waals surface area contributed by atoms with Gasteiger partial charge in [-0.05, 0) is 6.07 Å². The van der Waals surface area contributed by atoms with E-state index in [4.69, 9.17) is 0 Å². The van der Waals surface area contributed by atoms with Crippen LogP contribution in [0, 0.1) is 0 Å². The molecule has 2 nitrogen and oxygen atoms in total. The van der Waals surface area contributed by atoms with E-state index in [-0.39, 0.29) is 11.4 Å². The molecule has 0 saturated heterocycles. The number of para-hydroxylation sites is 1. The van der Waals surface area contributed by atoms with Crippen molar-refractivity contribution >= 4 is 0 Å². The predicted octanol–water partition coefficient (Wildman–Crippen LogP) is 1.78. The van der Waals surface area contributed by atoms with E-state index in [2.05, 4.69) is 12.2 Å². The Balaban J connectivity index is 0.000000845. The second-order valence-corrected chi connectivity index (χ2v) is 2.85. The van der Waals surface area contributed by atoms with Gasteiger partial charge in [-0.2, -0.15) is 0 Å². The molecule has 2 rings (SSSR count). The van der Waals surface area contributed by atoms with E-state index in [1.807, 2.05) is 30.4 Å². The van der Waals surface area contributed by atoms with E-state index in [0.29, 0.717) is 5.75 Å². The van der Waals surface area contributed by atoms with Crippen LogP contribution < -0.4 is 0 Å². The van der Waals surface area contributed by atoms with Gasteiger partial charge in [-0.3, -0.25) is 0 Å². The van der Waals surface area contributed by atoms with Gasteiger partial charge >= 0.3 is 0 Å². The van der Waals surface area contributed by atoms with Crippen molar-refractivity contribution in [2.75, 3.05) is 0 Å². The van der Waals surface area contributed by atoms with Crippen LogP contribution >= 0.6 is 0 Å². The number of allylic oxidation sites excluding steroid dienone is 4. The molecular formula is C11H12O2. The van der Waals surface area contributed by atoms with Gasteiger partial charge in [-0.1, -0.05) is 42.5 Å². The van der Waals surface area contributed by atoms with Crippen molar-refractivity contribution in [1.82, 2.24) is 0 Å². The first kappa shape index (κ1) is 9.55. The molecule has 0 atom stereocenters. The Bertz CT molecular complexity index is 328. The number of aromatic hydroxyl groups is 1. The molecule has 0 aromatic heterocycles. The summed E-state index contributed by atoms with van der Waals surface area (Å²) >= 11 is 0. The molecule has 0 saturated carbocycles. The molecule has 68 valence electrons. The summed E-state index contributed by atoms with van der Waals surface area (Å²) in [6, 6.07) is 7.44. The van der Waals surface area contributed by atoms with Crippen LogP contribution in [0.25, 0.3) is 0 Å². The zero-order valence-electron chi connectivity index (χ0n) is 7.14. The quantitative estimate of drug-likeness (QED) is 0.696. The maximum Gasteiger partial charge on any atom is 0.119 e. The predicted molar refractivity (Wildman–Crippen MR) is 52.7 cm³/mol. The molecule has 3 N–H and O–H groups in total. The Morgan fingerprint density at radius 3 is 2.23 bits per heavy atom. The highest BCUT2D eigenvalue weighted by molar-refractivity contribution is 5.42. The van der Waals surface area contributed by atoms with Gasteiger partial charge in [0, 0.05) is 11.5 Å². The topological polar surface area (TPSA) is 51.7 Å². The zero-order chi connectivity index (χ0) is 8.39. The normalized spacial score (nSPS) is 14.5. The van der Waals surface area contributed by atoms with Crippen molar-refractivity contribution in [1.29, 1.82) is 0 Å². The van der Waals surface area contributed by atoms with Gasteiger partial charge in [0.1, 0.15) is 5.75 Å². The van der Waals surface area contributed by atoms with Gasteiger partial charge in [0.25, 0.3) is 0 Å². The lowest BCUT2D eigenvalue weighted by atomic mass is 10.0. The lowest BCUT2D eigenvalue weighted by Gasteiger charge is -2.06. The first-order chi connectivity index (χ1) is 5.88. The third-order valence-corrected chi connectivity index (χ3v) is 2.04. The molecule has 2 heteroatoms. The molecule has 1 aliphatic carbocycles. The smallest absolute Gasteiger partial charge is 0.119 e. The maximum atomic E-state index is 9.50. The molecule has 0 fully saturated rings. The minimum atomic E-state index is 0. The summed E-state index contributed by atoms with van der Waals surface area (Å²) in [5.74, 6) is 0.630. The van der Waals surface area contributed by atoms with Crippen molar-refractivity contribution < 1.29 is 10.6 Å². The van der Waals surface area contributed by atoms with Gasteiger partial charge in [0.15, 0.2) is 0 Å². The summed E-state index contributed by atoms with van der Waals surface area (Å²) in [4.78, 5) is 0. The molecule has 1 aromatic carbocycles. The number of benzene rings is 1. The number of phenols is 1. The van der Waals surface area contributed by atoms with Gasteiger partial charge in [0.05, 0.1) is 0 Å². The van der Waals surface area contributed by atoms with Gasteiger partial charge in [-0.15, -0.1) is 0 Å². The van der Waals surface area contributed by atoms with Crippen LogP contribution in [0.1, 0.15) is 11.5 Å². The van der Waals surface area contributed by atoms with Gasteiger partial charge in [-0.25, -0.2) is 0 Å². The average Bonchev–Trinajstić information content (AvgIpc) is 2.57.